The first-order valence-electron chi connectivity index (χ1n) is 20.0. The first kappa shape index (κ1) is 47.1. The second-order valence-electron chi connectivity index (χ2n) is 14.7. The van der Waals surface area contributed by atoms with Crippen LogP contribution in [-0.4, -0.2) is 77.6 Å². The van der Waals surface area contributed by atoms with E-state index in [2.05, 4.69) is 10.6 Å². The van der Waals surface area contributed by atoms with Crippen molar-refractivity contribution in [1.29, 1.82) is 0 Å². The molecule has 0 aliphatic carbocycles. The summed E-state index contributed by atoms with van der Waals surface area (Å²) in [5.41, 5.74) is 6.50. The summed E-state index contributed by atoms with van der Waals surface area (Å²) in [6, 6.07) is 30.8. The third kappa shape index (κ3) is 13.7. The van der Waals surface area contributed by atoms with Gasteiger partial charge in [0.1, 0.15) is 17.0 Å². The summed E-state index contributed by atoms with van der Waals surface area (Å²) in [5, 5.41) is 26.9. The number of amides is 2. The van der Waals surface area contributed by atoms with Gasteiger partial charge in [-0.25, -0.2) is 0 Å². The minimum atomic E-state index is -1.38. The van der Waals surface area contributed by atoms with Crippen LogP contribution in [0.3, 0.4) is 0 Å². The lowest BCUT2D eigenvalue weighted by Crippen LogP contribution is -2.48. The number of carbonyl (C=O) groups is 6. The molecule has 322 valence electrons. The van der Waals surface area contributed by atoms with Gasteiger partial charge in [0.15, 0.2) is 11.6 Å². The average molecular weight is 837 g/mol. The molecule has 0 aromatic heterocycles. The van der Waals surface area contributed by atoms with Gasteiger partial charge in [-0.15, -0.1) is 0 Å². The lowest BCUT2D eigenvalue weighted by Gasteiger charge is -2.37. The zero-order chi connectivity index (χ0) is 44.4. The minimum Gasteiger partial charge on any atom is -0.481 e. The Bertz CT molecular complexity index is 2030. The van der Waals surface area contributed by atoms with Crippen molar-refractivity contribution in [3.8, 4) is 0 Å². The van der Waals surface area contributed by atoms with Gasteiger partial charge in [-0.3, -0.25) is 38.9 Å². The van der Waals surface area contributed by atoms with Crippen molar-refractivity contribution in [1.82, 2.24) is 10.6 Å². The number of nitrogens with one attached hydrogen (secondary N) is 2. The van der Waals surface area contributed by atoms with Gasteiger partial charge in [-0.1, -0.05) is 97.9 Å². The van der Waals surface area contributed by atoms with Crippen LogP contribution in [0.15, 0.2) is 109 Å². The first-order valence-corrected chi connectivity index (χ1v) is 20.0. The molecular formula is C46H52N4O11. The van der Waals surface area contributed by atoms with Gasteiger partial charge in [0.05, 0.1) is 36.7 Å². The van der Waals surface area contributed by atoms with Crippen LogP contribution in [0.25, 0.3) is 0 Å². The van der Waals surface area contributed by atoms with Crippen molar-refractivity contribution < 1.29 is 48.3 Å². The van der Waals surface area contributed by atoms with Crippen molar-refractivity contribution >= 4 is 46.5 Å². The maximum absolute atomic E-state index is 13.8. The SMILES string of the molecule is C[C@H](CC(=O)CCOCCOCCCC(=O)c1ccc(N)c([N+](=O)[O-])c1)C(=O)N[C@@H](C)C(=O)C[C@@H](CC(=O)NC(c1ccccc1)(c1ccccc1)c1ccccc1)C(=O)O. The number of rotatable bonds is 26. The van der Waals surface area contributed by atoms with Crippen LogP contribution < -0.4 is 16.4 Å². The molecule has 0 radical (unpaired) electrons. The van der Waals surface area contributed by atoms with Crippen LogP contribution >= 0.6 is 0 Å². The molecule has 0 saturated carbocycles. The number of ketones is 3. The maximum atomic E-state index is 13.8. The molecule has 4 aromatic rings. The highest BCUT2D eigenvalue weighted by atomic mass is 16.6. The Morgan fingerprint density at radius 1 is 0.738 bits per heavy atom. The Morgan fingerprint density at radius 2 is 1.28 bits per heavy atom. The van der Waals surface area contributed by atoms with Crippen molar-refractivity contribution in [2.24, 2.45) is 11.8 Å². The summed E-state index contributed by atoms with van der Waals surface area (Å²) in [6.07, 6.45) is -0.576. The number of carboxylic acid groups (broad SMARTS) is 1. The number of nitro groups is 1. The number of carbonyl (C=O) groups excluding carboxylic acids is 5. The van der Waals surface area contributed by atoms with E-state index in [9.17, 15) is 44.0 Å². The molecule has 5 N–H and O–H groups in total. The third-order valence-electron chi connectivity index (χ3n) is 10.1. The summed E-state index contributed by atoms with van der Waals surface area (Å²) in [7, 11) is 0. The van der Waals surface area contributed by atoms with Gasteiger partial charge < -0.3 is 30.9 Å². The third-order valence-corrected chi connectivity index (χ3v) is 10.1. The Labute approximate surface area is 354 Å². The molecule has 0 aliphatic rings. The molecule has 15 heteroatoms. The van der Waals surface area contributed by atoms with Gasteiger partial charge in [0.2, 0.25) is 11.8 Å². The number of aliphatic carboxylic acids is 1. The van der Waals surface area contributed by atoms with E-state index < -0.39 is 64.7 Å². The number of hydrogen-bond donors (Lipinski definition) is 4. The Morgan fingerprint density at radius 3 is 1.80 bits per heavy atom. The second-order valence-corrected chi connectivity index (χ2v) is 14.7. The van der Waals surface area contributed by atoms with Gasteiger partial charge in [0.25, 0.3) is 5.69 Å². The van der Waals surface area contributed by atoms with E-state index in [0.717, 1.165) is 22.8 Å². The monoisotopic (exact) mass is 836 g/mol. The molecule has 0 saturated heterocycles. The molecule has 0 aliphatic heterocycles. The lowest BCUT2D eigenvalue weighted by molar-refractivity contribution is -0.383. The highest BCUT2D eigenvalue weighted by molar-refractivity contribution is 5.97. The largest absolute Gasteiger partial charge is 0.481 e. The number of benzene rings is 4. The summed E-state index contributed by atoms with van der Waals surface area (Å²) >= 11 is 0. The molecule has 0 unspecified atom stereocenters. The molecule has 3 atom stereocenters. The molecule has 0 fully saturated rings. The molecule has 61 heavy (non-hydrogen) atoms. The second kappa shape index (κ2) is 23.3. The smallest absolute Gasteiger partial charge is 0.307 e. The number of hydrogen-bond acceptors (Lipinski definition) is 11. The first-order chi connectivity index (χ1) is 29.2. The van der Waals surface area contributed by atoms with Crippen LogP contribution in [0.4, 0.5) is 11.4 Å². The predicted molar refractivity (Wildman–Crippen MR) is 226 cm³/mol. The quantitative estimate of drug-likeness (QED) is 0.0146. The zero-order valence-corrected chi connectivity index (χ0v) is 34.2. The van der Waals surface area contributed by atoms with E-state index in [0.29, 0.717) is 6.42 Å². The van der Waals surface area contributed by atoms with Crippen molar-refractivity contribution in [2.75, 3.05) is 32.2 Å². The number of nitrogens with zero attached hydrogens (tertiary/aromatic N) is 1. The molecule has 2 amide bonds. The summed E-state index contributed by atoms with van der Waals surface area (Å²) < 4.78 is 10.9. The fourth-order valence-electron chi connectivity index (χ4n) is 6.77. The Balaban J connectivity index is 1.19. The fourth-order valence-corrected chi connectivity index (χ4v) is 6.77. The summed E-state index contributed by atoms with van der Waals surface area (Å²) in [6.45, 7) is 3.72. The van der Waals surface area contributed by atoms with Crippen LogP contribution in [0, 0.1) is 22.0 Å². The molecule has 15 nitrogen and oxygen atoms in total. The van der Waals surface area contributed by atoms with E-state index in [-0.39, 0.29) is 74.2 Å². The number of nitrogen functional groups attached to an aromatic ring is 1. The van der Waals surface area contributed by atoms with E-state index in [4.69, 9.17) is 15.2 Å². The maximum Gasteiger partial charge on any atom is 0.307 e. The van der Waals surface area contributed by atoms with Crippen molar-refractivity contribution in [2.45, 2.75) is 64.0 Å². The Kier molecular flexibility index (Phi) is 18.0. The standard InChI is InChI=1S/C46H52N4O11/c1-31(27-38(51)22-24-61-26-25-60-23-12-19-41(52)33-20-21-39(47)40(28-33)50(58)59)44(55)48-32(2)42(53)29-34(45(56)57)30-43(54)49-46(35-13-6-3-7-14-35,36-15-8-4-9-16-36)37-17-10-5-11-18-37/h3-11,13-18,20-21,28,31-32,34H,12,19,22-27,29-30,47H2,1-2H3,(H,48,55)(H,49,54)(H,56,57)/t31-,32+,34+/m1/s1. The van der Waals surface area contributed by atoms with Crippen LogP contribution in [0.2, 0.25) is 0 Å². The van der Waals surface area contributed by atoms with E-state index in [1.165, 1.54) is 19.1 Å². The van der Waals surface area contributed by atoms with Gasteiger partial charge >= 0.3 is 5.97 Å². The average Bonchev–Trinajstić information content (AvgIpc) is 3.25. The number of anilines is 1. The number of nitro benzene ring substituents is 1. The molecule has 0 spiro atoms. The highest BCUT2D eigenvalue weighted by Gasteiger charge is 2.39. The van der Waals surface area contributed by atoms with Gasteiger partial charge in [0, 0.05) is 56.3 Å². The predicted octanol–water partition coefficient (Wildman–Crippen LogP) is 5.82. The Hall–Kier alpha value is -6.58. The summed E-state index contributed by atoms with van der Waals surface area (Å²) in [5.74, 6) is -5.73. The van der Waals surface area contributed by atoms with E-state index in [1.54, 1.807) is 6.92 Å². The van der Waals surface area contributed by atoms with Crippen LogP contribution in [0.1, 0.15) is 79.4 Å². The molecule has 4 aromatic carbocycles. The lowest BCUT2D eigenvalue weighted by atomic mass is 9.76. The number of nitrogens with two attached hydrogens (primary N) is 1. The van der Waals surface area contributed by atoms with Gasteiger partial charge in [-0.05, 0) is 42.2 Å². The van der Waals surface area contributed by atoms with E-state index >= 15 is 0 Å². The van der Waals surface area contributed by atoms with Crippen LogP contribution in [-0.2, 0) is 39.0 Å². The molecule has 4 rings (SSSR count). The molecule has 0 bridgehead atoms. The van der Waals surface area contributed by atoms with Crippen molar-refractivity contribution in [3.63, 3.8) is 0 Å². The van der Waals surface area contributed by atoms with Crippen LogP contribution in [0.5, 0.6) is 0 Å². The highest BCUT2D eigenvalue weighted by Crippen LogP contribution is 2.37. The topological polar surface area (TPSA) is 234 Å². The minimum absolute atomic E-state index is 0.0223. The van der Waals surface area contributed by atoms with Crippen molar-refractivity contribution in [3.05, 3.63) is 142 Å². The zero-order valence-electron chi connectivity index (χ0n) is 34.2. The number of Topliss-reactive ketones (excluding diaryl/α,β-unsaturated/α-hetero) is 3. The van der Waals surface area contributed by atoms with Gasteiger partial charge in [-0.2, -0.15) is 0 Å². The van der Waals surface area contributed by atoms with E-state index in [1.807, 2.05) is 91.0 Å². The normalized spacial score (nSPS) is 12.7. The fraction of sp³-hybridized carbons (Fsp3) is 0.348. The number of ether oxygens (including phenoxy) is 2. The summed E-state index contributed by atoms with van der Waals surface area (Å²) in [4.78, 5) is 87.8. The molecule has 0 heterocycles. The molecular weight excluding hydrogens is 785 g/mol. The number of carboxylic acids is 1.